The Kier molecular flexibility index (Phi) is 3.92. The second-order valence-electron chi connectivity index (χ2n) is 5.76. The number of guanidine groups is 1. The van der Waals surface area contributed by atoms with E-state index in [-0.39, 0.29) is 17.1 Å². The number of alkyl halides is 3. The Morgan fingerprint density at radius 3 is 2.28 bits per heavy atom. The van der Waals surface area contributed by atoms with Crippen molar-refractivity contribution in [1.82, 2.24) is 10.9 Å². The average molecular weight is 353 g/mol. The first kappa shape index (κ1) is 17.2. The molecule has 5 nitrogen and oxygen atoms in total. The summed E-state index contributed by atoms with van der Waals surface area (Å²) >= 11 is 0. The predicted octanol–water partition coefficient (Wildman–Crippen LogP) is 2.31. The number of hydrazine groups is 1. The first-order valence-corrected chi connectivity index (χ1v) is 7.26. The van der Waals surface area contributed by atoms with E-state index in [4.69, 9.17) is 11.5 Å². The van der Waals surface area contributed by atoms with Crippen LogP contribution in [0.5, 0.6) is 0 Å². The van der Waals surface area contributed by atoms with Gasteiger partial charge in [0.15, 0.2) is 0 Å². The second kappa shape index (κ2) is 5.71. The quantitative estimate of drug-likeness (QED) is 0.624. The van der Waals surface area contributed by atoms with Gasteiger partial charge >= 0.3 is 6.18 Å². The van der Waals surface area contributed by atoms with Crippen molar-refractivity contribution in [2.24, 2.45) is 16.5 Å². The zero-order chi connectivity index (χ0) is 18.4. The van der Waals surface area contributed by atoms with E-state index >= 15 is 0 Å². The molecule has 0 amide bonds. The highest BCUT2D eigenvalue weighted by molar-refractivity contribution is 5.79. The van der Waals surface area contributed by atoms with Gasteiger partial charge < -0.3 is 5.73 Å². The molecule has 1 atom stereocenters. The molecule has 0 saturated heterocycles. The van der Waals surface area contributed by atoms with Crippen molar-refractivity contribution in [2.45, 2.75) is 18.9 Å². The minimum absolute atomic E-state index is 0.112. The fourth-order valence-corrected chi connectivity index (χ4v) is 2.61. The topological polar surface area (TPSA) is 88.5 Å². The normalized spacial score (nSPS) is 20.3. The molecule has 9 heteroatoms. The van der Waals surface area contributed by atoms with Crippen molar-refractivity contribution in [2.75, 3.05) is 0 Å². The molecule has 0 spiro atoms. The molecule has 0 aromatic heterocycles. The van der Waals surface area contributed by atoms with E-state index in [9.17, 15) is 17.6 Å². The molecule has 1 aliphatic rings. The van der Waals surface area contributed by atoms with Crippen molar-refractivity contribution < 1.29 is 17.6 Å². The molecule has 2 aromatic carbocycles. The minimum Gasteiger partial charge on any atom is -0.369 e. The molecular weight excluding hydrogens is 338 g/mol. The van der Waals surface area contributed by atoms with Gasteiger partial charge in [0.2, 0.25) is 11.7 Å². The van der Waals surface area contributed by atoms with Crippen LogP contribution in [0.2, 0.25) is 0 Å². The lowest BCUT2D eigenvalue weighted by Crippen LogP contribution is -2.50. The number of nitrogens with two attached hydrogens (primary N) is 2. The Balaban J connectivity index is 2.22. The number of nitrogens with zero attached hydrogens (tertiary/aromatic N) is 1. The van der Waals surface area contributed by atoms with Gasteiger partial charge in [0.1, 0.15) is 5.82 Å². The van der Waals surface area contributed by atoms with Crippen LogP contribution in [0, 0.1) is 12.7 Å². The highest BCUT2D eigenvalue weighted by Gasteiger charge is 2.39. The molecule has 6 N–H and O–H groups in total. The van der Waals surface area contributed by atoms with E-state index in [2.05, 4.69) is 15.8 Å². The van der Waals surface area contributed by atoms with Crippen molar-refractivity contribution in [3.8, 4) is 11.1 Å². The van der Waals surface area contributed by atoms with Crippen LogP contribution in [0.1, 0.15) is 16.7 Å². The van der Waals surface area contributed by atoms with Crippen LogP contribution in [0.15, 0.2) is 41.4 Å². The van der Waals surface area contributed by atoms with Gasteiger partial charge in [-0.2, -0.15) is 18.6 Å². The number of halogens is 4. The summed E-state index contributed by atoms with van der Waals surface area (Å²) in [5, 5.41) is 0. The van der Waals surface area contributed by atoms with Gasteiger partial charge in [-0.3, -0.25) is 11.2 Å². The molecule has 3 rings (SSSR count). The van der Waals surface area contributed by atoms with Crippen molar-refractivity contribution in [1.29, 1.82) is 0 Å². The summed E-state index contributed by atoms with van der Waals surface area (Å²) in [6.07, 6.45) is -4.78. The van der Waals surface area contributed by atoms with Gasteiger partial charge in [-0.25, -0.2) is 9.38 Å². The maximum atomic E-state index is 14.7. The third kappa shape index (κ3) is 3.15. The van der Waals surface area contributed by atoms with Crippen molar-refractivity contribution in [3.05, 3.63) is 58.9 Å². The van der Waals surface area contributed by atoms with E-state index in [1.165, 1.54) is 12.1 Å². The zero-order valence-corrected chi connectivity index (χ0v) is 13.1. The summed E-state index contributed by atoms with van der Waals surface area (Å²) in [7, 11) is 0. The van der Waals surface area contributed by atoms with Gasteiger partial charge in [0.25, 0.3) is 0 Å². The lowest BCUT2D eigenvalue weighted by molar-refractivity contribution is -0.137. The van der Waals surface area contributed by atoms with E-state index in [0.717, 1.165) is 17.7 Å². The van der Waals surface area contributed by atoms with Crippen LogP contribution in [-0.4, -0.2) is 5.96 Å². The number of benzene rings is 2. The molecule has 1 heterocycles. The zero-order valence-electron chi connectivity index (χ0n) is 13.1. The van der Waals surface area contributed by atoms with Crippen LogP contribution in [-0.2, 0) is 12.0 Å². The maximum Gasteiger partial charge on any atom is 0.417 e. The van der Waals surface area contributed by atoms with E-state index in [1.807, 2.05) is 0 Å². The third-order valence-electron chi connectivity index (χ3n) is 3.85. The van der Waals surface area contributed by atoms with Crippen LogP contribution in [0.3, 0.4) is 0 Å². The van der Waals surface area contributed by atoms with E-state index in [0.29, 0.717) is 0 Å². The summed E-state index contributed by atoms with van der Waals surface area (Å²) in [5.41, 5.74) is 15.2. The van der Waals surface area contributed by atoms with E-state index < -0.39 is 28.9 Å². The smallest absolute Gasteiger partial charge is 0.369 e. The van der Waals surface area contributed by atoms with Gasteiger partial charge in [-0.05, 0) is 24.6 Å². The lowest BCUT2D eigenvalue weighted by Gasteiger charge is -2.23. The van der Waals surface area contributed by atoms with Gasteiger partial charge in [-0.1, -0.05) is 29.8 Å². The summed E-state index contributed by atoms with van der Waals surface area (Å²) in [5.74, 6) is -2.96. The van der Waals surface area contributed by atoms with Crippen LogP contribution >= 0.6 is 0 Å². The Morgan fingerprint density at radius 1 is 1.12 bits per heavy atom. The average Bonchev–Trinajstić information content (AvgIpc) is 2.87. The first-order valence-electron chi connectivity index (χ1n) is 7.26. The summed E-state index contributed by atoms with van der Waals surface area (Å²) in [4.78, 5) is 3.78. The molecule has 2 aromatic rings. The second-order valence-corrected chi connectivity index (χ2v) is 5.76. The molecule has 1 aliphatic heterocycles. The first-order chi connectivity index (χ1) is 11.6. The number of nitrogens with one attached hydrogen (secondary N) is 2. The number of hydrogen-bond acceptors (Lipinski definition) is 5. The van der Waals surface area contributed by atoms with Gasteiger partial charge in [0.05, 0.1) is 5.56 Å². The fourth-order valence-electron chi connectivity index (χ4n) is 2.61. The Labute approximate surface area is 140 Å². The molecule has 132 valence electrons. The van der Waals surface area contributed by atoms with Crippen molar-refractivity contribution >= 4 is 5.96 Å². The number of hydrogen-bond donors (Lipinski definition) is 4. The predicted molar refractivity (Wildman–Crippen MR) is 85.3 cm³/mol. The third-order valence-corrected chi connectivity index (χ3v) is 3.85. The highest BCUT2D eigenvalue weighted by atomic mass is 19.4. The molecule has 0 fully saturated rings. The van der Waals surface area contributed by atoms with Crippen LogP contribution in [0.4, 0.5) is 17.6 Å². The van der Waals surface area contributed by atoms with E-state index in [1.54, 1.807) is 19.1 Å². The molecule has 0 bridgehead atoms. The van der Waals surface area contributed by atoms with Crippen LogP contribution in [0.25, 0.3) is 11.1 Å². The molecule has 0 aliphatic carbocycles. The molecule has 25 heavy (non-hydrogen) atoms. The summed E-state index contributed by atoms with van der Waals surface area (Å²) in [6.45, 7) is 1.78. The Hall–Kier alpha value is -2.65. The molecule has 1 unspecified atom stereocenters. The number of aliphatic imine (C=N–C) groups is 1. The minimum atomic E-state index is -4.78. The Bertz CT molecular complexity index is 845. The lowest BCUT2D eigenvalue weighted by atomic mass is 9.94. The largest absolute Gasteiger partial charge is 0.417 e. The fraction of sp³-hybridized carbons (Fsp3) is 0.188. The standard InChI is InChI=1S/C16H15F4N5/c1-8-2-4-9(5-3-8)13-11(15(18,19)20)6-10(7-12(13)17)16(22)23-14(21)24-25-16/h2-7,25H,22H2,1H3,(H3,21,23,24). The van der Waals surface area contributed by atoms with Gasteiger partial charge in [-0.15, -0.1) is 0 Å². The number of aryl methyl sites for hydroxylation is 1. The molecule has 0 radical (unpaired) electrons. The summed E-state index contributed by atoms with van der Waals surface area (Å²) in [6, 6.07) is 7.79. The molecular formula is C16H15F4N5. The SMILES string of the molecule is Cc1ccc(-c2c(F)cc(C3(N)N=C(N)NN3)cc2C(F)(F)F)cc1. The maximum absolute atomic E-state index is 14.7. The summed E-state index contributed by atoms with van der Waals surface area (Å²) < 4.78 is 55.3. The van der Waals surface area contributed by atoms with Gasteiger partial charge in [0, 0.05) is 11.1 Å². The highest BCUT2D eigenvalue weighted by Crippen LogP contribution is 2.40. The monoisotopic (exact) mass is 353 g/mol. The number of rotatable bonds is 2. The molecule has 0 saturated carbocycles. The van der Waals surface area contributed by atoms with Crippen LogP contribution < -0.4 is 22.3 Å². The van der Waals surface area contributed by atoms with Crippen molar-refractivity contribution in [3.63, 3.8) is 0 Å². The Morgan fingerprint density at radius 2 is 1.76 bits per heavy atom.